The zero-order valence-electron chi connectivity index (χ0n) is 34.7. The van der Waals surface area contributed by atoms with Crippen LogP contribution in [0.3, 0.4) is 0 Å². The first-order chi connectivity index (χ1) is 26.9. The summed E-state index contributed by atoms with van der Waals surface area (Å²) in [5, 5.41) is 2.99. The summed E-state index contributed by atoms with van der Waals surface area (Å²) in [6, 6.07) is 27.9. The largest absolute Gasteiger partial charge is 0.455 e. The van der Waals surface area contributed by atoms with Gasteiger partial charge in [0, 0.05) is 16.3 Å². The van der Waals surface area contributed by atoms with Gasteiger partial charge in [-0.2, -0.15) is 0 Å². The van der Waals surface area contributed by atoms with Crippen molar-refractivity contribution < 1.29 is 19.5 Å². The fraction of sp³-hybridized carbons (Fsp3) is 0. The van der Waals surface area contributed by atoms with E-state index in [0.29, 0.717) is 5.56 Å². The Morgan fingerprint density at radius 3 is 1.73 bits per heavy atom. The molecule has 1 aromatic heterocycles. The van der Waals surface area contributed by atoms with Crippen LogP contribution in [-0.2, 0) is 0 Å². The smallest absolute Gasteiger partial charge is 0.143 e. The summed E-state index contributed by atoms with van der Waals surface area (Å²) in [6.45, 7) is 0. The van der Waals surface area contributed by atoms with Crippen molar-refractivity contribution in [3.8, 4) is 44.5 Å². The highest BCUT2D eigenvalue weighted by Gasteiger charge is 2.19. The van der Waals surface area contributed by atoms with E-state index in [-0.39, 0.29) is 45.2 Å². The van der Waals surface area contributed by atoms with Gasteiger partial charge in [0.05, 0.1) is 15.1 Å². The maximum Gasteiger partial charge on any atom is 0.143 e. The number of hydrogen-bond donors (Lipinski definition) is 0. The lowest BCUT2D eigenvalue weighted by molar-refractivity contribution is 0.670. The summed E-state index contributed by atoms with van der Waals surface area (Å²) in [5.74, 6) is 0. The van der Waals surface area contributed by atoms with Gasteiger partial charge < -0.3 is 4.42 Å². The van der Waals surface area contributed by atoms with Crippen LogP contribution in [0, 0.1) is 0 Å². The Morgan fingerprint density at radius 2 is 1.02 bits per heavy atom. The first kappa shape index (κ1) is 16.8. The molecule has 8 aromatic carbocycles. The van der Waals surface area contributed by atoms with Crippen LogP contribution < -0.4 is 0 Å². The highest BCUT2D eigenvalue weighted by molar-refractivity contribution is 6.22. The molecular weight excluding hydrogens is 544 g/mol. The van der Waals surface area contributed by atoms with E-state index in [9.17, 15) is 4.11 Å². The Bertz CT molecular complexity index is 3070. The molecule has 0 radical (unpaired) electrons. The van der Waals surface area contributed by atoms with Crippen molar-refractivity contribution >= 4 is 43.5 Å². The van der Waals surface area contributed by atoms with E-state index in [0.717, 1.165) is 43.8 Å². The summed E-state index contributed by atoms with van der Waals surface area (Å²) in [6.07, 6.45) is 0. The third-order valence-corrected chi connectivity index (χ3v) is 8.25. The van der Waals surface area contributed by atoms with E-state index in [4.69, 9.17) is 15.4 Å². The van der Waals surface area contributed by atoms with Crippen molar-refractivity contribution in [1.29, 1.82) is 0 Å². The minimum Gasteiger partial charge on any atom is -0.455 e. The van der Waals surface area contributed by atoms with Crippen LogP contribution in [0.1, 0.15) is 15.1 Å². The fourth-order valence-electron chi connectivity index (χ4n) is 6.29. The molecule has 0 aliphatic carbocycles. The maximum absolute atomic E-state index is 9.77. The maximum atomic E-state index is 9.77. The van der Waals surface area contributed by atoms with Gasteiger partial charge in [-0.1, -0.05) is 151 Å². The molecule has 1 heterocycles. The van der Waals surface area contributed by atoms with E-state index >= 15 is 0 Å². The van der Waals surface area contributed by atoms with E-state index < -0.39 is 59.9 Å². The second kappa shape index (κ2) is 10.4. The van der Waals surface area contributed by atoms with E-state index in [1.54, 1.807) is 0 Å². The van der Waals surface area contributed by atoms with Crippen LogP contribution in [-0.4, -0.2) is 0 Å². The van der Waals surface area contributed by atoms with Crippen LogP contribution in [0.25, 0.3) is 88.0 Å². The average Bonchev–Trinajstić information content (AvgIpc) is 3.63. The lowest BCUT2D eigenvalue weighted by atomic mass is 9.85. The second-order valence-corrected chi connectivity index (χ2v) is 10.8. The topological polar surface area (TPSA) is 13.1 Å². The molecular formula is C44H28O. The van der Waals surface area contributed by atoms with Crippen LogP contribution >= 0.6 is 0 Å². The molecule has 0 N–H and O–H groups in total. The van der Waals surface area contributed by atoms with Gasteiger partial charge in [-0.3, -0.25) is 0 Å². The lowest BCUT2D eigenvalue weighted by Crippen LogP contribution is -1.91. The zero-order chi connectivity index (χ0) is 39.3. The molecule has 0 aliphatic rings. The number of para-hydroxylation sites is 1. The van der Waals surface area contributed by atoms with Gasteiger partial charge in [-0.05, 0) is 78.6 Å². The number of benzene rings is 8. The molecule has 9 aromatic rings. The van der Waals surface area contributed by atoms with E-state index in [1.807, 2.05) is 72.8 Å². The van der Waals surface area contributed by atoms with Crippen molar-refractivity contribution in [2.45, 2.75) is 0 Å². The van der Waals surface area contributed by atoms with Gasteiger partial charge in [-0.15, -0.1) is 0 Å². The number of hydrogen-bond acceptors (Lipinski definition) is 1. The van der Waals surface area contributed by atoms with Crippen molar-refractivity contribution in [1.82, 2.24) is 0 Å². The minimum absolute atomic E-state index is 0.0454. The predicted molar refractivity (Wildman–Crippen MR) is 190 cm³/mol. The second-order valence-electron chi connectivity index (χ2n) is 10.8. The average molecular weight is 584 g/mol. The Morgan fingerprint density at radius 1 is 0.400 bits per heavy atom. The molecule has 0 unspecified atom stereocenters. The third-order valence-electron chi connectivity index (χ3n) is 8.25. The molecule has 210 valence electrons. The summed E-state index contributed by atoms with van der Waals surface area (Å²) >= 11 is 0. The summed E-state index contributed by atoms with van der Waals surface area (Å²) < 4.78 is 103. The van der Waals surface area contributed by atoms with Crippen molar-refractivity contribution in [3.63, 3.8) is 0 Å². The minimum atomic E-state index is -0.654. The van der Waals surface area contributed by atoms with Gasteiger partial charge in [0.1, 0.15) is 11.2 Å². The Hall–Kier alpha value is -5.92. The molecule has 0 atom stereocenters. The van der Waals surface area contributed by atoms with E-state index in [2.05, 4.69) is 30.3 Å². The molecule has 0 fully saturated rings. The molecule has 0 bridgehead atoms. The number of rotatable bonds is 4. The quantitative estimate of drug-likeness (QED) is 0.188. The standard InChI is InChI=1S/C44H28O/c1-3-13-29(14-4-1)31-17-11-18-32(27-31)42-35-19-7-9-21-37(35)43(38-22-10-8-20-36(38)42)33-25-26-41-40(28-33)39-24-12-23-34(44(39)45-41)30-15-5-2-6-16-30/h1-28H/i2D,5D,6D,12D,15D,16D,23D,24D,25D,26D,28D. The fourth-order valence-corrected chi connectivity index (χ4v) is 6.29. The van der Waals surface area contributed by atoms with Crippen molar-refractivity contribution in [2.75, 3.05) is 0 Å². The molecule has 0 spiro atoms. The van der Waals surface area contributed by atoms with Crippen molar-refractivity contribution in [3.05, 3.63) is 170 Å². The Kier molecular flexibility index (Phi) is 3.87. The molecule has 0 saturated heterocycles. The Balaban J connectivity index is 1.40. The van der Waals surface area contributed by atoms with Crippen LogP contribution in [0.2, 0.25) is 0 Å². The first-order valence-corrected chi connectivity index (χ1v) is 14.5. The molecule has 0 aliphatic heterocycles. The van der Waals surface area contributed by atoms with Crippen LogP contribution in [0.15, 0.2) is 174 Å². The number of fused-ring (bicyclic) bond motifs is 5. The van der Waals surface area contributed by atoms with Gasteiger partial charge in [0.15, 0.2) is 0 Å². The molecule has 45 heavy (non-hydrogen) atoms. The SMILES string of the molecule is [2H]c1c([2H])c([2H])c(-c2c([2H])c([2H])c([2H])c3c2oc2c([2H])c([2H])c(-c4c5ccccc5c(-c5cccc(-c6ccccc6)c5)c5ccccc45)c([2H])c23)c([2H])c1[2H]. The molecule has 0 amide bonds. The van der Waals surface area contributed by atoms with E-state index in [1.165, 1.54) is 0 Å². The highest BCUT2D eigenvalue weighted by atomic mass is 16.3. The normalized spacial score (nSPS) is 15.0. The molecule has 9 rings (SSSR count). The van der Waals surface area contributed by atoms with Gasteiger partial charge in [-0.25, -0.2) is 0 Å². The van der Waals surface area contributed by atoms with Crippen LogP contribution in [0.4, 0.5) is 0 Å². The molecule has 0 saturated carbocycles. The van der Waals surface area contributed by atoms with Gasteiger partial charge in [0.2, 0.25) is 0 Å². The first-order valence-electron chi connectivity index (χ1n) is 20.0. The third kappa shape index (κ3) is 4.17. The summed E-state index contributed by atoms with van der Waals surface area (Å²) in [5.41, 5.74) is 3.43. The number of furan rings is 1. The Labute approximate surface area is 277 Å². The van der Waals surface area contributed by atoms with Crippen LogP contribution in [0.5, 0.6) is 0 Å². The monoisotopic (exact) mass is 583 g/mol. The van der Waals surface area contributed by atoms with Gasteiger partial charge >= 0.3 is 0 Å². The van der Waals surface area contributed by atoms with Crippen molar-refractivity contribution in [2.24, 2.45) is 0 Å². The highest BCUT2D eigenvalue weighted by Crippen LogP contribution is 2.45. The molecule has 1 heteroatoms. The predicted octanol–water partition coefficient (Wildman–Crippen LogP) is 12.6. The molecule has 1 nitrogen and oxygen atoms in total. The summed E-state index contributed by atoms with van der Waals surface area (Å²) in [7, 11) is 0. The van der Waals surface area contributed by atoms with Gasteiger partial charge in [0.25, 0.3) is 0 Å². The lowest BCUT2D eigenvalue weighted by Gasteiger charge is -2.18. The summed E-state index contributed by atoms with van der Waals surface area (Å²) in [4.78, 5) is 0. The zero-order valence-corrected chi connectivity index (χ0v) is 23.7.